The van der Waals surface area contributed by atoms with Gasteiger partial charge in [0.2, 0.25) is 0 Å². The number of carbonyl (C=O) groups is 2. The molecule has 4 heteroatoms. The minimum Gasteiger partial charge on any atom is -0.469 e. The molecule has 0 amide bonds. The van der Waals surface area contributed by atoms with Crippen LogP contribution in [0.1, 0.15) is 46.5 Å². The van der Waals surface area contributed by atoms with Gasteiger partial charge in [0, 0.05) is 5.57 Å². The van der Waals surface area contributed by atoms with Crippen LogP contribution >= 0.6 is 0 Å². The van der Waals surface area contributed by atoms with Crippen molar-refractivity contribution in [3.63, 3.8) is 0 Å². The Labute approximate surface area is 115 Å². The van der Waals surface area contributed by atoms with Gasteiger partial charge in [-0.2, -0.15) is 0 Å². The zero-order chi connectivity index (χ0) is 14.6. The molecule has 0 aliphatic heterocycles. The highest BCUT2D eigenvalue weighted by Crippen LogP contribution is 2.43. The summed E-state index contributed by atoms with van der Waals surface area (Å²) in [6.45, 7) is 9.19. The van der Waals surface area contributed by atoms with E-state index < -0.39 is 11.6 Å². The second-order valence-electron chi connectivity index (χ2n) is 5.60. The third-order valence-electron chi connectivity index (χ3n) is 3.99. The maximum absolute atomic E-state index is 12.0. The van der Waals surface area contributed by atoms with Crippen LogP contribution in [-0.2, 0) is 19.1 Å². The molecule has 1 rings (SSSR count). The standard InChI is InChI=1S/C15H24O4/c1-10(2)13(16)19-15(11(3)4)9-7-6-8-12(15)14(17)18-5/h11-12H,1,6-9H2,2-5H3. The molecule has 0 spiro atoms. The first-order valence-corrected chi connectivity index (χ1v) is 6.81. The van der Waals surface area contributed by atoms with Crippen molar-refractivity contribution in [3.8, 4) is 0 Å². The SMILES string of the molecule is C=C(C)C(=O)OC1(C(C)C)CCCCC1C(=O)OC. The van der Waals surface area contributed by atoms with E-state index in [1.54, 1.807) is 6.92 Å². The van der Waals surface area contributed by atoms with Gasteiger partial charge in [0.15, 0.2) is 0 Å². The molecule has 0 saturated heterocycles. The Kier molecular flexibility index (Phi) is 5.15. The van der Waals surface area contributed by atoms with Crippen LogP contribution in [0.3, 0.4) is 0 Å². The highest BCUT2D eigenvalue weighted by atomic mass is 16.6. The zero-order valence-corrected chi connectivity index (χ0v) is 12.3. The van der Waals surface area contributed by atoms with Crippen LogP contribution in [0.25, 0.3) is 0 Å². The predicted molar refractivity (Wildman–Crippen MR) is 72.4 cm³/mol. The van der Waals surface area contributed by atoms with Gasteiger partial charge >= 0.3 is 11.9 Å². The van der Waals surface area contributed by atoms with Crippen LogP contribution < -0.4 is 0 Å². The second kappa shape index (κ2) is 6.22. The quantitative estimate of drug-likeness (QED) is 0.581. The lowest BCUT2D eigenvalue weighted by molar-refractivity contribution is -0.185. The van der Waals surface area contributed by atoms with Crippen LogP contribution in [-0.4, -0.2) is 24.6 Å². The number of carbonyl (C=O) groups excluding carboxylic acids is 2. The van der Waals surface area contributed by atoms with E-state index in [0.717, 1.165) is 12.8 Å². The summed E-state index contributed by atoms with van der Waals surface area (Å²) in [4.78, 5) is 23.9. The van der Waals surface area contributed by atoms with E-state index in [2.05, 4.69) is 6.58 Å². The first kappa shape index (κ1) is 15.7. The third-order valence-corrected chi connectivity index (χ3v) is 3.99. The Hall–Kier alpha value is -1.32. The molecule has 1 aliphatic rings. The van der Waals surface area contributed by atoms with Crippen molar-refractivity contribution in [1.29, 1.82) is 0 Å². The maximum atomic E-state index is 12.0. The topological polar surface area (TPSA) is 52.6 Å². The fraction of sp³-hybridized carbons (Fsp3) is 0.733. The molecule has 0 bridgehead atoms. The van der Waals surface area contributed by atoms with Gasteiger partial charge in [-0.25, -0.2) is 4.79 Å². The molecule has 0 aromatic heterocycles. The molecule has 2 atom stereocenters. The highest BCUT2D eigenvalue weighted by Gasteiger charge is 2.50. The molecule has 0 N–H and O–H groups in total. The monoisotopic (exact) mass is 268 g/mol. The van der Waals surface area contributed by atoms with Crippen LogP contribution in [0, 0.1) is 11.8 Å². The third kappa shape index (κ3) is 3.17. The van der Waals surface area contributed by atoms with E-state index in [-0.39, 0.29) is 17.8 Å². The van der Waals surface area contributed by atoms with Crippen LogP contribution in [0.2, 0.25) is 0 Å². The Morgan fingerprint density at radius 2 is 1.95 bits per heavy atom. The maximum Gasteiger partial charge on any atom is 0.333 e. The summed E-state index contributed by atoms with van der Waals surface area (Å²) in [5.41, 5.74) is -0.407. The molecule has 0 radical (unpaired) electrons. The molecule has 1 saturated carbocycles. The van der Waals surface area contributed by atoms with E-state index in [1.165, 1.54) is 7.11 Å². The van der Waals surface area contributed by atoms with Crippen molar-refractivity contribution >= 4 is 11.9 Å². The van der Waals surface area contributed by atoms with Crippen molar-refractivity contribution in [3.05, 3.63) is 12.2 Å². The van der Waals surface area contributed by atoms with Crippen molar-refractivity contribution in [1.82, 2.24) is 0 Å². The lowest BCUT2D eigenvalue weighted by Gasteiger charge is -2.44. The molecule has 2 unspecified atom stereocenters. The molecule has 1 fully saturated rings. The normalized spacial score (nSPS) is 26.9. The molecular formula is C15H24O4. The van der Waals surface area contributed by atoms with Gasteiger partial charge in [0.25, 0.3) is 0 Å². The molecule has 19 heavy (non-hydrogen) atoms. The van der Waals surface area contributed by atoms with Gasteiger partial charge in [-0.3, -0.25) is 4.79 Å². The smallest absolute Gasteiger partial charge is 0.333 e. The van der Waals surface area contributed by atoms with Crippen LogP contribution in [0.4, 0.5) is 0 Å². The lowest BCUT2D eigenvalue weighted by atomic mass is 9.69. The minimum absolute atomic E-state index is 0.0557. The summed E-state index contributed by atoms with van der Waals surface area (Å²) < 4.78 is 10.6. The van der Waals surface area contributed by atoms with Gasteiger partial charge in [0.1, 0.15) is 5.60 Å². The fourth-order valence-electron chi connectivity index (χ4n) is 2.82. The van der Waals surface area contributed by atoms with E-state index in [9.17, 15) is 9.59 Å². The Morgan fingerprint density at radius 3 is 2.42 bits per heavy atom. The van der Waals surface area contributed by atoms with Crippen LogP contribution in [0.15, 0.2) is 12.2 Å². The van der Waals surface area contributed by atoms with Crippen molar-refractivity contribution < 1.29 is 19.1 Å². The zero-order valence-electron chi connectivity index (χ0n) is 12.3. The highest BCUT2D eigenvalue weighted by molar-refractivity contribution is 5.87. The lowest BCUT2D eigenvalue weighted by Crippen LogP contribution is -2.52. The number of esters is 2. The summed E-state index contributed by atoms with van der Waals surface area (Å²) in [5.74, 6) is -1.04. The van der Waals surface area contributed by atoms with Gasteiger partial charge in [-0.05, 0) is 32.1 Å². The van der Waals surface area contributed by atoms with E-state index in [4.69, 9.17) is 9.47 Å². The molecule has 0 aromatic carbocycles. The van der Waals surface area contributed by atoms with Gasteiger partial charge in [0.05, 0.1) is 13.0 Å². The van der Waals surface area contributed by atoms with Gasteiger partial charge in [-0.15, -0.1) is 0 Å². The number of rotatable bonds is 4. The molecule has 4 nitrogen and oxygen atoms in total. The summed E-state index contributed by atoms with van der Waals surface area (Å²) in [5, 5.41) is 0. The Morgan fingerprint density at radius 1 is 1.32 bits per heavy atom. The van der Waals surface area contributed by atoms with E-state index >= 15 is 0 Å². The Balaban J connectivity index is 3.08. The van der Waals surface area contributed by atoms with E-state index in [1.807, 2.05) is 13.8 Å². The van der Waals surface area contributed by atoms with Crippen LogP contribution in [0.5, 0.6) is 0 Å². The van der Waals surface area contributed by atoms with Gasteiger partial charge < -0.3 is 9.47 Å². The molecular weight excluding hydrogens is 244 g/mol. The molecule has 0 aromatic rings. The number of ether oxygens (including phenoxy) is 2. The Bertz CT molecular complexity index is 372. The van der Waals surface area contributed by atoms with Crippen molar-refractivity contribution in [2.75, 3.05) is 7.11 Å². The molecule has 0 heterocycles. The minimum atomic E-state index is -0.763. The number of methoxy groups -OCH3 is 1. The molecule has 108 valence electrons. The second-order valence-corrected chi connectivity index (χ2v) is 5.60. The fourth-order valence-corrected chi connectivity index (χ4v) is 2.82. The largest absolute Gasteiger partial charge is 0.469 e. The predicted octanol–water partition coefficient (Wildman–Crippen LogP) is 2.86. The van der Waals surface area contributed by atoms with Crippen molar-refractivity contribution in [2.45, 2.75) is 52.1 Å². The van der Waals surface area contributed by atoms with Gasteiger partial charge in [-0.1, -0.05) is 26.8 Å². The van der Waals surface area contributed by atoms with Crippen molar-refractivity contribution in [2.24, 2.45) is 11.8 Å². The summed E-state index contributed by atoms with van der Waals surface area (Å²) in [6.07, 6.45) is 3.31. The summed E-state index contributed by atoms with van der Waals surface area (Å²) in [7, 11) is 1.38. The first-order chi connectivity index (χ1) is 8.85. The number of hydrogen-bond donors (Lipinski definition) is 0. The first-order valence-electron chi connectivity index (χ1n) is 6.81. The summed E-state index contributed by atoms with van der Waals surface area (Å²) in [6, 6.07) is 0. The average molecular weight is 268 g/mol. The average Bonchev–Trinajstić information content (AvgIpc) is 2.37. The van der Waals surface area contributed by atoms with E-state index in [0.29, 0.717) is 18.4 Å². The number of hydrogen-bond acceptors (Lipinski definition) is 4. The molecule has 1 aliphatic carbocycles. The summed E-state index contributed by atoms with van der Waals surface area (Å²) >= 11 is 0.